The van der Waals surface area contributed by atoms with Gasteiger partial charge in [-0.2, -0.15) is 0 Å². The summed E-state index contributed by atoms with van der Waals surface area (Å²) in [6, 6.07) is 17.4. The van der Waals surface area contributed by atoms with Gasteiger partial charge in [-0.3, -0.25) is 4.99 Å². The van der Waals surface area contributed by atoms with Gasteiger partial charge < -0.3 is 20.5 Å². The van der Waals surface area contributed by atoms with E-state index >= 15 is 0 Å². The Hall–Kier alpha value is -1.80. The Bertz CT molecular complexity index is 718. The third-order valence-corrected chi connectivity index (χ3v) is 4.46. The van der Waals surface area contributed by atoms with E-state index in [-0.39, 0.29) is 24.0 Å². The smallest absolute Gasteiger partial charge is 0.193 e. The van der Waals surface area contributed by atoms with Crippen molar-refractivity contribution in [2.75, 3.05) is 25.6 Å². The molecule has 0 amide bonds. The van der Waals surface area contributed by atoms with Gasteiger partial charge in [0.25, 0.3) is 0 Å². The monoisotopic (exact) mass is 467 g/mol. The van der Waals surface area contributed by atoms with Crippen LogP contribution in [0.5, 0.6) is 11.5 Å². The minimum atomic E-state index is 0. The molecule has 26 heavy (non-hydrogen) atoms. The Labute approximate surface area is 172 Å². The highest BCUT2D eigenvalue weighted by Gasteiger charge is 2.41. The zero-order valence-electron chi connectivity index (χ0n) is 15.0. The molecular weight excluding hydrogens is 441 g/mol. The number of hydrogen-bond acceptors (Lipinski definition) is 3. The standard InChI is InChI=1S/C20H25N3O2.HI/c1-24-13-12-20(10-11-20)15-22-19(21)23-16-6-5-9-18(14-16)25-17-7-3-2-4-8-17;/h2-9,14H,10-13,15H2,1H3,(H3,21,22,23);1H. The van der Waals surface area contributed by atoms with E-state index in [4.69, 9.17) is 15.2 Å². The maximum atomic E-state index is 6.04. The van der Waals surface area contributed by atoms with E-state index in [1.54, 1.807) is 7.11 Å². The molecule has 0 saturated heterocycles. The lowest BCUT2D eigenvalue weighted by Gasteiger charge is -2.13. The summed E-state index contributed by atoms with van der Waals surface area (Å²) in [5.41, 5.74) is 7.19. The number of nitrogens with one attached hydrogen (secondary N) is 1. The highest BCUT2D eigenvalue weighted by molar-refractivity contribution is 14.0. The van der Waals surface area contributed by atoms with Crippen LogP contribution in [0, 0.1) is 5.41 Å². The van der Waals surface area contributed by atoms with E-state index < -0.39 is 0 Å². The van der Waals surface area contributed by atoms with Gasteiger partial charge in [0.15, 0.2) is 5.96 Å². The molecule has 3 rings (SSSR count). The quantitative estimate of drug-likeness (QED) is 0.337. The van der Waals surface area contributed by atoms with Gasteiger partial charge in [0.1, 0.15) is 11.5 Å². The number of ether oxygens (including phenoxy) is 2. The summed E-state index contributed by atoms with van der Waals surface area (Å²) in [6.45, 7) is 1.52. The van der Waals surface area contributed by atoms with Gasteiger partial charge in [0.2, 0.25) is 0 Å². The van der Waals surface area contributed by atoms with Gasteiger partial charge in [-0.25, -0.2) is 0 Å². The number of nitrogens with two attached hydrogens (primary N) is 1. The predicted molar refractivity (Wildman–Crippen MR) is 117 cm³/mol. The second kappa shape index (κ2) is 9.78. The molecule has 0 bridgehead atoms. The summed E-state index contributed by atoms with van der Waals surface area (Å²) >= 11 is 0. The summed E-state index contributed by atoms with van der Waals surface area (Å²) in [5, 5.41) is 3.14. The molecule has 0 atom stereocenters. The number of nitrogens with zero attached hydrogens (tertiary/aromatic N) is 1. The zero-order chi connectivity index (χ0) is 17.5. The Morgan fingerprint density at radius 2 is 1.85 bits per heavy atom. The van der Waals surface area contributed by atoms with Gasteiger partial charge in [0, 0.05) is 32.0 Å². The molecule has 1 aliphatic rings. The van der Waals surface area contributed by atoms with Crippen molar-refractivity contribution < 1.29 is 9.47 Å². The van der Waals surface area contributed by atoms with Crippen LogP contribution in [-0.4, -0.2) is 26.2 Å². The molecule has 1 saturated carbocycles. The Morgan fingerprint density at radius 3 is 2.54 bits per heavy atom. The molecule has 0 heterocycles. The van der Waals surface area contributed by atoms with Crippen LogP contribution in [0.15, 0.2) is 59.6 Å². The van der Waals surface area contributed by atoms with E-state index in [0.717, 1.165) is 36.8 Å². The summed E-state index contributed by atoms with van der Waals surface area (Å²) in [6.07, 6.45) is 3.45. The highest BCUT2D eigenvalue weighted by atomic mass is 127. The SMILES string of the molecule is COCCC1(CN=C(N)Nc2cccc(Oc3ccccc3)c2)CC1.I. The number of guanidine groups is 1. The number of halogens is 1. The molecular formula is C20H26IN3O2. The Balaban J connectivity index is 0.00000243. The van der Waals surface area contributed by atoms with Crippen molar-refractivity contribution in [2.45, 2.75) is 19.3 Å². The average Bonchev–Trinajstić information content (AvgIpc) is 3.40. The summed E-state index contributed by atoms with van der Waals surface area (Å²) in [4.78, 5) is 4.51. The first-order chi connectivity index (χ1) is 12.2. The van der Waals surface area contributed by atoms with Crippen LogP contribution in [0.2, 0.25) is 0 Å². The summed E-state index contributed by atoms with van der Waals surface area (Å²) in [7, 11) is 1.74. The molecule has 140 valence electrons. The Kier molecular flexibility index (Phi) is 7.71. The first kappa shape index (κ1) is 20.5. The van der Waals surface area contributed by atoms with E-state index in [9.17, 15) is 0 Å². The molecule has 1 aliphatic carbocycles. The topological polar surface area (TPSA) is 68.9 Å². The number of anilines is 1. The van der Waals surface area contributed by atoms with Crippen molar-refractivity contribution in [1.82, 2.24) is 0 Å². The lowest BCUT2D eigenvalue weighted by Crippen LogP contribution is -2.24. The number of rotatable bonds is 8. The van der Waals surface area contributed by atoms with Crippen molar-refractivity contribution in [1.29, 1.82) is 0 Å². The van der Waals surface area contributed by atoms with Crippen LogP contribution in [0.4, 0.5) is 5.69 Å². The molecule has 5 nitrogen and oxygen atoms in total. The fourth-order valence-electron chi connectivity index (χ4n) is 2.68. The van der Waals surface area contributed by atoms with Gasteiger partial charge in [-0.15, -0.1) is 24.0 Å². The maximum absolute atomic E-state index is 6.04. The van der Waals surface area contributed by atoms with Gasteiger partial charge in [-0.1, -0.05) is 24.3 Å². The van der Waals surface area contributed by atoms with Gasteiger partial charge in [0.05, 0.1) is 0 Å². The van der Waals surface area contributed by atoms with Crippen LogP contribution < -0.4 is 15.8 Å². The van der Waals surface area contributed by atoms with Crippen LogP contribution in [-0.2, 0) is 4.74 Å². The minimum absolute atomic E-state index is 0. The van der Waals surface area contributed by atoms with E-state index in [0.29, 0.717) is 11.4 Å². The van der Waals surface area contributed by atoms with E-state index in [1.165, 1.54) is 12.8 Å². The number of para-hydroxylation sites is 1. The third-order valence-electron chi connectivity index (χ3n) is 4.46. The lowest BCUT2D eigenvalue weighted by atomic mass is 10.0. The van der Waals surface area contributed by atoms with Crippen molar-refractivity contribution in [3.63, 3.8) is 0 Å². The fourth-order valence-corrected chi connectivity index (χ4v) is 2.68. The molecule has 3 N–H and O–H groups in total. The molecule has 6 heteroatoms. The zero-order valence-corrected chi connectivity index (χ0v) is 17.3. The van der Waals surface area contributed by atoms with Crippen molar-refractivity contribution >= 4 is 35.6 Å². The first-order valence-corrected chi connectivity index (χ1v) is 8.58. The van der Waals surface area contributed by atoms with E-state index in [2.05, 4.69) is 10.3 Å². The third kappa shape index (κ3) is 6.17. The molecule has 0 unspecified atom stereocenters. The lowest BCUT2D eigenvalue weighted by molar-refractivity contribution is 0.174. The summed E-state index contributed by atoms with van der Waals surface area (Å²) in [5.74, 6) is 1.98. The predicted octanol–water partition coefficient (Wildman–Crippen LogP) is 4.64. The minimum Gasteiger partial charge on any atom is -0.457 e. The molecule has 0 radical (unpaired) electrons. The number of hydrogen-bond donors (Lipinski definition) is 2. The van der Waals surface area contributed by atoms with Gasteiger partial charge in [-0.05, 0) is 48.9 Å². The highest BCUT2D eigenvalue weighted by Crippen LogP contribution is 2.48. The van der Waals surface area contributed by atoms with Crippen molar-refractivity contribution in [3.05, 3.63) is 54.6 Å². The van der Waals surface area contributed by atoms with E-state index in [1.807, 2.05) is 54.6 Å². The molecule has 2 aromatic rings. The van der Waals surface area contributed by atoms with Crippen LogP contribution in [0.3, 0.4) is 0 Å². The second-order valence-electron chi connectivity index (χ2n) is 6.51. The maximum Gasteiger partial charge on any atom is 0.193 e. The number of methoxy groups -OCH3 is 1. The second-order valence-corrected chi connectivity index (χ2v) is 6.51. The Morgan fingerprint density at radius 1 is 1.12 bits per heavy atom. The van der Waals surface area contributed by atoms with Crippen LogP contribution in [0.25, 0.3) is 0 Å². The number of benzene rings is 2. The van der Waals surface area contributed by atoms with Gasteiger partial charge >= 0.3 is 0 Å². The van der Waals surface area contributed by atoms with Crippen molar-refractivity contribution in [3.8, 4) is 11.5 Å². The molecule has 0 spiro atoms. The normalized spacial score (nSPS) is 15.0. The fraction of sp³-hybridized carbons (Fsp3) is 0.350. The van der Waals surface area contributed by atoms with Crippen molar-refractivity contribution in [2.24, 2.45) is 16.1 Å². The first-order valence-electron chi connectivity index (χ1n) is 8.58. The van der Waals surface area contributed by atoms with Crippen LogP contribution >= 0.6 is 24.0 Å². The summed E-state index contributed by atoms with van der Waals surface area (Å²) < 4.78 is 11.0. The largest absolute Gasteiger partial charge is 0.457 e. The average molecular weight is 467 g/mol. The number of aliphatic imine (C=N–C) groups is 1. The molecule has 2 aromatic carbocycles. The molecule has 0 aromatic heterocycles. The molecule has 0 aliphatic heterocycles. The molecule has 1 fully saturated rings. The van der Waals surface area contributed by atoms with Crippen LogP contribution in [0.1, 0.15) is 19.3 Å².